The van der Waals surface area contributed by atoms with Crippen LogP contribution in [0.3, 0.4) is 0 Å². The van der Waals surface area contributed by atoms with Crippen LogP contribution in [0.5, 0.6) is 5.75 Å². The maximum Gasteiger partial charge on any atom is 0.152 e. The molecule has 0 spiro atoms. The molecule has 0 saturated heterocycles. The number of aryl methyl sites for hydroxylation is 1. The third-order valence-corrected chi connectivity index (χ3v) is 2.84. The van der Waals surface area contributed by atoms with E-state index in [1.807, 2.05) is 25.2 Å². The molecule has 0 amide bonds. The maximum absolute atomic E-state index is 6.08. The summed E-state index contributed by atoms with van der Waals surface area (Å²) in [6.07, 6.45) is 3.41. The van der Waals surface area contributed by atoms with Gasteiger partial charge in [0, 0.05) is 20.0 Å². The smallest absolute Gasteiger partial charge is 0.152 e. The number of para-hydroxylation sites is 1. The van der Waals surface area contributed by atoms with Crippen molar-refractivity contribution in [3.8, 4) is 5.75 Å². The van der Waals surface area contributed by atoms with Gasteiger partial charge in [-0.15, -0.1) is 0 Å². The van der Waals surface area contributed by atoms with Crippen molar-refractivity contribution < 1.29 is 4.74 Å². The lowest BCUT2D eigenvalue weighted by Gasteiger charge is -2.13. The summed E-state index contributed by atoms with van der Waals surface area (Å²) < 4.78 is 7.30. The molecule has 0 aliphatic rings. The minimum absolute atomic E-state index is 0.648. The average Bonchev–Trinajstić information content (AvgIpc) is 2.85. The van der Waals surface area contributed by atoms with Crippen molar-refractivity contribution in [1.29, 1.82) is 0 Å². The Morgan fingerprint density at radius 1 is 1.40 bits per heavy atom. The highest BCUT2D eigenvalue weighted by Crippen LogP contribution is 2.29. The molecule has 2 aromatic rings. The van der Waals surface area contributed by atoms with E-state index in [4.69, 9.17) is 10.5 Å². The van der Waals surface area contributed by atoms with Gasteiger partial charge in [0.1, 0.15) is 12.1 Å². The number of hydrogen-bond acceptors (Lipinski definition) is 5. The van der Waals surface area contributed by atoms with Gasteiger partial charge in [-0.1, -0.05) is 13.0 Å². The highest BCUT2D eigenvalue weighted by Gasteiger charge is 2.06. The number of benzene rings is 1. The summed E-state index contributed by atoms with van der Waals surface area (Å²) in [7, 11) is 1.86. The first kappa shape index (κ1) is 14.2. The second-order valence-corrected chi connectivity index (χ2v) is 4.58. The van der Waals surface area contributed by atoms with Crippen LogP contribution in [0.1, 0.15) is 19.2 Å². The van der Waals surface area contributed by atoms with Crippen molar-refractivity contribution >= 4 is 11.4 Å². The fourth-order valence-electron chi connectivity index (χ4n) is 1.84. The average molecular weight is 275 g/mol. The van der Waals surface area contributed by atoms with Crippen LogP contribution in [0.2, 0.25) is 0 Å². The summed E-state index contributed by atoms with van der Waals surface area (Å²) in [5, 5.41) is 7.53. The fourth-order valence-corrected chi connectivity index (χ4v) is 1.84. The van der Waals surface area contributed by atoms with Gasteiger partial charge in [0.2, 0.25) is 0 Å². The van der Waals surface area contributed by atoms with E-state index in [0.29, 0.717) is 12.3 Å². The molecule has 0 aliphatic carbocycles. The standard InChI is InChI=1S/C14H21N5O/c1-3-9-20-12-6-4-5-11(14(12)15)16-8-7-13-17-10-19(2)18-13/h4-6,10,16H,3,7-9,15H2,1-2H3. The molecule has 0 unspecified atom stereocenters. The maximum atomic E-state index is 6.08. The summed E-state index contributed by atoms with van der Waals surface area (Å²) >= 11 is 0. The van der Waals surface area contributed by atoms with Crippen LogP contribution >= 0.6 is 0 Å². The molecule has 3 N–H and O–H groups in total. The molecule has 0 bridgehead atoms. The van der Waals surface area contributed by atoms with Crippen LogP contribution in [0, 0.1) is 0 Å². The van der Waals surface area contributed by atoms with E-state index in [0.717, 1.165) is 36.6 Å². The van der Waals surface area contributed by atoms with Gasteiger partial charge in [0.25, 0.3) is 0 Å². The van der Waals surface area contributed by atoms with Crippen molar-refractivity contribution in [3.63, 3.8) is 0 Å². The normalized spacial score (nSPS) is 10.5. The van der Waals surface area contributed by atoms with Crippen LogP contribution in [0.25, 0.3) is 0 Å². The van der Waals surface area contributed by atoms with Crippen molar-refractivity contribution in [2.45, 2.75) is 19.8 Å². The number of ether oxygens (including phenoxy) is 1. The molecule has 0 saturated carbocycles. The van der Waals surface area contributed by atoms with Crippen molar-refractivity contribution in [2.24, 2.45) is 7.05 Å². The number of nitrogens with zero attached hydrogens (tertiary/aromatic N) is 3. The molecule has 0 radical (unpaired) electrons. The van der Waals surface area contributed by atoms with E-state index in [-0.39, 0.29) is 0 Å². The minimum Gasteiger partial charge on any atom is -0.491 e. The van der Waals surface area contributed by atoms with Gasteiger partial charge < -0.3 is 15.8 Å². The van der Waals surface area contributed by atoms with Gasteiger partial charge in [-0.25, -0.2) is 4.98 Å². The first-order valence-electron chi connectivity index (χ1n) is 6.80. The Labute approximate surface area is 119 Å². The number of nitrogens with one attached hydrogen (secondary N) is 1. The van der Waals surface area contributed by atoms with Gasteiger partial charge in [-0.2, -0.15) is 5.10 Å². The molecule has 108 valence electrons. The molecule has 1 heterocycles. The second kappa shape index (κ2) is 6.79. The van der Waals surface area contributed by atoms with Gasteiger partial charge in [0.05, 0.1) is 18.0 Å². The lowest BCUT2D eigenvalue weighted by Crippen LogP contribution is -2.09. The first-order valence-corrected chi connectivity index (χ1v) is 6.80. The summed E-state index contributed by atoms with van der Waals surface area (Å²) in [5.41, 5.74) is 7.62. The Kier molecular flexibility index (Phi) is 4.81. The van der Waals surface area contributed by atoms with Crippen LogP contribution in [0.15, 0.2) is 24.5 Å². The number of nitrogen functional groups attached to an aromatic ring is 1. The Hall–Kier alpha value is -2.24. The molecule has 1 aromatic carbocycles. The monoisotopic (exact) mass is 275 g/mol. The lowest BCUT2D eigenvalue weighted by atomic mass is 10.2. The van der Waals surface area contributed by atoms with Gasteiger partial charge in [-0.05, 0) is 18.6 Å². The summed E-state index contributed by atoms with van der Waals surface area (Å²) in [6, 6.07) is 5.76. The highest BCUT2D eigenvalue weighted by atomic mass is 16.5. The molecule has 6 heteroatoms. The number of anilines is 2. The number of hydrogen-bond donors (Lipinski definition) is 2. The Morgan fingerprint density at radius 2 is 2.25 bits per heavy atom. The van der Waals surface area contributed by atoms with Crippen LogP contribution in [-0.4, -0.2) is 27.9 Å². The zero-order chi connectivity index (χ0) is 14.4. The van der Waals surface area contributed by atoms with E-state index in [1.54, 1.807) is 11.0 Å². The number of aromatic nitrogens is 3. The predicted octanol–water partition coefficient (Wildman–Crippen LogP) is 1.84. The van der Waals surface area contributed by atoms with Gasteiger partial charge in [0.15, 0.2) is 5.82 Å². The Bertz CT molecular complexity index is 552. The Morgan fingerprint density at radius 3 is 2.95 bits per heavy atom. The summed E-state index contributed by atoms with van der Waals surface area (Å²) in [6.45, 7) is 3.47. The minimum atomic E-state index is 0.648. The van der Waals surface area contributed by atoms with Crippen LogP contribution in [-0.2, 0) is 13.5 Å². The van der Waals surface area contributed by atoms with E-state index in [1.165, 1.54) is 0 Å². The first-order chi connectivity index (χ1) is 9.70. The van der Waals surface area contributed by atoms with Crippen LogP contribution < -0.4 is 15.8 Å². The summed E-state index contributed by atoms with van der Waals surface area (Å²) in [5.74, 6) is 1.55. The highest BCUT2D eigenvalue weighted by molar-refractivity contribution is 5.72. The molecule has 1 aromatic heterocycles. The van der Waals surface area contributed by atoms with Crippen LogP contribution in [0.4, 0.5) is 11.4 Å². The SMILES string of the molecule is CCCOc1cccc(NCCc2ncn(C)n2)c1N. The topological polar surface area (TPSA) is 78.0 Å². The molecule has 0 aliphatic heterocycles. The molecule has 0 atom stereocenters. The molecular formula is C14H21N5O. The van der Waals surface area contributed by atoms with Crippen molar-refractivity contribution in [3.05, 3.63) is 30.4 Å². The van der Waals surface area contributed by atoms with E-state index in [9.17, 15) is 0 Å². The number of nitrogens with two attached hydrogens (primary N) is 1. The zero-order valence-electron chi connectivity index (χ0n) is 12.0. The van der Waals surface area contributed by atoms with E-state index < -0.39 is 0 Å². The fraction of sp³-hybridized carbons (Fsp3) is 0.429. The number of rotatable bonds is 7. The molecule has 6 nitrogen and oxygen atoms in total. The lowest BCUT2D eigenvalue weighted by molar-refractivity contribution is 0.319. The van der Waals surface area contributed by atoms with Crippen molar-refractivity contribution in [2.75, 3.05) is 24.2 Å². The third-order valence-electron chi connectivity index (χ3n) is 2.84. The quantitative estimate of drug-likeness (QED) is 0.754. The van der Waals surface area contributed by atoms with Gasteiger partial charge >= 0.3 is 0 Å². The largest absolute Gasteiger partial charge is 0.491 e. The molecule has 20 heavy (non-hydrogen) atoms. The van der Waals surface area contributed by atoms with E-state index in [2.05, 4.69) is 22.3 Å². The zero-order valence-corrected chi connectivity index (χ0v) is 12.0. The Balaban J connectivity index is 1.92. The van der Waals surface area contributed by atoms with Gasteiger partial charge in [-0.3, -0.25) is 4.68 Å². The molecule has 2 rings (SSSR count). The molecular weight excluding hydrogens is 254 g/mol. The molecule has 0 fully saturated rings. The van der Waals surface area contributed by atoms with E-state index >= 15 is 0 Å². The third kappa shape index (κ3) is 3.63. The van der Waals surface area contributed by atoms with Crippen molar-refractivity contribution in [1.82, 2.24) is 14.8 Å². The summed E-state index contributed by atoms with van der Waals surface area (Å²) in [4.78, 5) is 4.18. The predicted molar refractivity (Wildman–Crippen MR) is 79.8 cm³/mol. The second-order valence-electron chi connectivity index (χ2n) is 4.58.